The third-order valence-corrected chi connectivity index (χ3v) is 5.34. The number of amides is 1. The monoisotopic (exact) mass is 315 g/mol. The minimum absolute atomic E-state index is 0.0579. The maximum Gasteiger partial charge on any atom is 0.244 e. The van der Waals surface area contributed by atoms with E-state index in [0.717, 1.165) is 5.69 Å². The second-order valence-electron chi connectivity index (χ2n) is 5.18. The van der Waals surface area contributed by atoms with E-state index in [1.165, 1.54) is 4.68 Å². The Balaban J connectivity index is 1.99. The number of nitrogens with zero attached hydrogens (tertiary/aromatic N) is 4. The minimum Gasteiger partial charge on any atom is -0.337 e. The topological polar surface area (TPSA) is 111 Å². The molecule has 8 nitrogen and oxygen atoms in total. The van der Waals surface area contributed by atoms with Crippen molar-refractivity contribution in [1.29, 1.82) is 0 Å². The largest absolute Gasteiger partial charge is 0.337 e. The van der Waals surface area contributed by atoms with Crippen LogP contribution in [-0.2, 0) is 27.6 Å². The molecule has 2 heterocycles. The number of sulfone groups is 1. The molecule has 1 saturated heterocycles. The van der Waals surface area contributed by atoms with Crippen LogP contribution in [0, 0.1) is 0 Å². The lowest BCUT2D eigenvalue weighted by Gasteiger charge is -2.26. The molecule has 1 aliphatic rings. The van der Waals surface area contributed by atoms with E-state index in [0.29, 0.717) is 25.9 Å². The standard InChI is InChI=1S/C12H21N5O3S/c1-2-17(11-4-6-21(19,20)9-11)12(18)8-16-7-10(3-5-13)14-15-16/h7,11H,2-6,8-9,13H2,1H3. The molecule has 0 spiro atoms. The van der Waals surface area contributed by atoms with Gasteiger partial charge in [0.2, 0.25) is 5.91 Å². The first-order valence-corrected chi connectivity index (χ1v) is 8.86. The third-order valence-electron chi connectivity index (χ3n) is 3.59. The summed E-state index contributed by atoms with van der Waals surface area (Å²) in [6.45, 7) is 2.89. The van der Waals surface area contributed by atoms with Crippen LogP contribution in [0.2, 0.25) is 0 Å². The van der Waals surface area contributed by atoms with Crippen molar-refractivity contribution in [2.24, 2.45) is 5.73 Å². The first-order chi connectivity index (χ1) is 9.95. The molecule has 1 atom stereocenters. The Morgan fingerprint density at radius 1 is 1.57 bits per heavy atom. The first-order valence-electron chi connectivity index (χ1n) is 7.04. The van der Waals surface area contributed by atoms with E-state index >= 15 is 0 Å². The van der Waals surface area contributed by atoms with Crippen LogP contribution in [0.4, 0.5) is 0 Å². The van der Waals surface area contributed by atoms with Crippen LogP contribution in [0.3, 0.4) is 0 Å². The molecule has 1 aromatic heterocycles. The zero-order chi connectivity index (χ0) is 15.5. The molecule has 2 rings (SSSR count). The average molecular weight is 315 g/mol. The molecule has 0 aliphatic carbocycles. The van der Waals surface area contributed by atoms with E-state index in [2.05, 4.69) is 10.3 Å². The predicted molar refractivity (Wildman–Crippen MR) is 77.2 cm³/mol. The zero-order valence-corrected chi connectivity index (χ0v) is 12.9. The van der Waals surface area contributed by atoms with Crippen molar-refractivity contribution in [3.8, 4) is 0 Å². The molecule has 1 amide bonds. The van der Waals surface area contributed by atoms with Gasteiger partial charge in [0.05, 0.1) is 17.2 Å². The van der Waals surface area contributed by atoms with Crippen molar-refractivity contribution in [2.75, 3.05) is 24.6 Å². The fourth-order valence-corrected chi connectivity index (χ4v) is 4.30. The fraction of sp³-hybridized carbons (Fsp3) is 0.750. The minimum atomic E-state index is -3.00. The van der Waals surface area contributed by atoms with Crippen LogP contribution in [-0.4, -0.2) is 64.9 Å². The molecule has 1 aliphatic heterocycles. The lowest BCUT2D eigenvalue weighted by molar-refractivity contribution is -0.133. The summed E-state index contributed by atoms with van der Waals surface area (Å²) in [6, 6.07) is -0.223. The van der Waals surface area contributed by atoms with Crippen LogP contribution in [0.1, 0.15) is 19.0 Å². The number of carbonyl (C=O) groups excluding carboxylic acids is 1. The second kappa shape index (κ2) is 6.52. The highest BCUT2D eigenvalue weighted by Gasteiger charge is 2.33. The van der Waals surface area contributed by atoms with Gasteiger partial charge in [-0.2, -0.15) is 0 Å². The Morgan fingerprint density at radius 2 is 2.33 bits per heavy atom. The number of nitrogens with two attached hydrogens (primary N) is 1. The molecule has 9 heteroatoms. The van der Waals surface area contributed by atoms with Gasteiger partial charge in [-0.05, 0) is 19.9 Å². The smallest absolute Gasteiger partial charge is 0.244 e. The molecular formula is C12H21N5O3S. The van der Waals surface area contributed by atoms with E-state index in [9.17, 15) is 13.2 Å². The molecule has 1 fully saturated rings. The third kappa shape index (κ3) is 4.01. The van der Waals surface area contributed by atoms with Gasteiger partial charge in [0.15, 0.2) is 9.84 Å². The van der Waals surface area contributed by atoms with Gasteiger partial charge in [0, 0.05) is 25.2 Å². The number of aromatic nitrogens is 3. The highest BCUT2D eigenvalue weighted by atomic mass is 32.2. The Kier molecular flexibility index (Phi) is 4.94. The number of rotatable bonds is 6. The quantitative estimate of drug-likeness (QED) is 0.707. The Labute approximate surface area is 124 Å². The number of hydrogen-bond donors (Lipinski definition) is 1. The van der Waals surface area contributed by atoms with Crippen molar-refractivity contribution < 1.29 is 13.2 Å². The van der Waals surface area contributed by atoms with Crippen LogP contribution >= 0.6 is 0 Å². The highest BCUT2D eigenvalue weighted by Crippen LogP contribution is 2.18. The van der Waals surface area contributed by atoms with Crippen molar-refractivity contribution in [2.45, 2.75) is 32.4 Å². The molecule has 1 unspecified atom stereocenters. The summed E-state index contributed by atoms with van der Waals surface area (Å²) >= 11 is 0. The Hall–Kier alpha value is -1.48. The van der Waals surface area contributed by atoms with E-state index in [-0.39, 0.29) is 30.0 Å². The van der Waals surface area contributed by atoms with E-state index in [1.54, 1.807) is 11.1 Å². The van der Waals surface area contributed by atoms with Gasteiger partial charge in [-0.1, -0.05) is 5.21 Å². The van der Waals surface area contributed by atoms with Crippen LogP contribution in [0.5, 0.6) is 0 Å². The normalized spacial score (nSPS) is 20.6. The number of likely N-dealkylation sites (N-methyl/N-ethyl adjacent to an activating group) is 1. The summed E-state index contributed by atoms with van der Waals surface area (Å²) in [5, 5.41) is 7.82. The van der Waals surface area contributed by atoms with Gasteiger partial charge in [0.1, 0.15) is 6.54 Å². The first kappa shape index (κ1) is 15.9. The molecule has 118 valence electrons. The lowest BCUT2D eigenvalue weighted by atomic mass is 10.2. The van der Waals surface area contributed by atoms with Crippen LogP contribution in [0.15, 0.2) is 6.20 Å². The van der Waals surface area contributed by atoms with Gasteiger partial charge in [-0.15, -0.1) is 5.10 Å². The van der Waals surface area contributed by atoms with E-state index in [4.69, 9.17) is 5.73 Å². The molecule has 1 aromatic rings. The summed E-state index contributed by atoms with van der Waals surface area (Å²) in [7, 11) is -3.00. The molecule has 21 heavy (non-hydrogen) atoms. The molecule has 0 bridgehead atoms. The maximum atomic E-state index is 12.3. The van der Waals surface area contributed by atoms with Gasteiger partial charge < -0.3 is 10.6 Å². The fourth-order valence-electron chi connectivity index (χ4n) is 2.57. The molecule has 0 saturated carbocycles. The maximum absolute atomic E-state index is 12.3. The summed E-state index contributed by atoms with van der Waals surface area (Å²) in [5.74, 6) is 0.0807. The summed E-state index contributed by atoms with van der Waals surface area (Å²) in [5.41, 5.74) is 6.19. The SMILES string of the molecule is CCN(C(=O)Cn1cc(CCN)nn1)C1CCS(=O)(=O)C1. The molecule has 2 N–H and O–H groups in total. The molecule has 0 aromatic carbocycles. The van der Waals surface area contributed by atoms with E-state index in [1.807, 2.05) is 6.92 Å². The van der Waals surface area contributed by atoms with Crippen LogP contribution < -0.4 is 5.73 Å². The van der Waals surface area contributed by atoms with Crippen molar-refractivity contribution in [1.82, 2.24) is 19.9 Å². The lowest BCUT2D eigenvalue weighted by Crippen LogP contribution is -2.42. The average Bonchev–Trinajstić information content (AvgIpc) is 2.98. The summed E-state index contributed by atoms with van der Waals surface area (Å²) in [4.78, 5) is 13.9. The zero-order valence-electron chi connectivity index (χ0n) is 12.1. The Bertz CT molecular complexity index is 598. The van der Waals surface area contributed by atoms with Gasteiger partial charge >= 0.3 is 0 Å². The second-order valence-corrected chi connectivity index (χ2v) is 7.41. The van der Waals surface area contributed by atoms with Crippen molar-refractivity contribution in [3.05, 3.63) is 11.9 Å². The molecular weight excluding hydrogens is 294 g/mol. The summed E-state index contributed by atoms with van der Waals surface area (Å²) < 4.78 is 24.6. The Morgan fingerprint density at radius 3 is 2.90 bits per heavy atom. The number of carbonyl (C=O) groups is 1. The van der Waals surface area contributed by atoms with Gasteiger partial charge in [-0.3, -0.25) is 4.79 Å². The van der Waals surface area contributed by atoms with Gasteiger partial charge in [0.25, 0.3) is 0 Å². The number of hydrogen-bond acceptors (Lipinski definition) is 6. The van der Waals surface area contributed by atoms with Gasteiger partial charge in [-0.25, -0.2) is 13.1 Å². The highest BCUT2D eigenvalue weighted by molar-refractivity contribution is 7.91. The van der Waals surface area contributed by atoms with Crippen LogP contribution in [0.25, 0.3) is 0 Å². The van der Waals surface area contributed by atoms with E-state index < -0.39 is 9.84 Å². The van der Waals surface area contributed by atoms with Crippen molar-refractivity contribution in [3.63, 3.8) is 0 Å². The molecule has 0 radical (unpaired) electrons. The van der Waals surface area contributed by atoms with Crippen molar-refractivity contribution >= 4 is 15.7 Å². The summed E-state index contributed by atoms with van der Waals surface area (Å²) in [6.07, 6.45) is 2.83. The predicted octanol–water partition coefficient (Wildman–Crippen LogP) is -1.19.